The van der Waals surface area contributed by atoms with E-state index in [1.54, 1.807) is 11.1 Å². The van der Waals surface area contributed by atoms with Gasteiger partial charge in [0.25, 0.3) is 5.91 Å². The molecule has 0 aliphatic carbocycles. The predicted octanol–water partition coefficient (Wildman–Crippen LogP) is 2.84. The van der Waals surface area contributed by atoms with E-state index in [9.17, 15) is 14.0 Å². The number of anilines is 1. The van der Waals surface area contributed by atoms with Crippen molar-refractivity contribution in [1.29, 1.82) is 0 Å². The summed E-state index contributed by atoms with van der Waals surface area (Å²) in [6.07, 6.45) is 5.68. The maximum absolute atomic E-state index is 13.3. The molecule has 142 valence electrons. The molecule has 0 saturated heterocycles. The molecular weight excluding hydrogens is 361 g/mol. The zero-order chi connectivity index (χ0) is 19.7. The zero-order valence-electron chi connectivity index (χ0n) is 15.1. The Balaban J connectivity index is 1.66. The van der Waals surface area contributed by atoms with E-state index in [1.807, 2.05) is 25.1 Å². The first-order chi connectivity index (χ1) is 13.6. The third kappa shape index (κ3) is 3.24. The number of aromatic nitrogens is 3. The van der Waals surface area contributed by atoms with Gasteiger partial charge >= 0.3 is 0 Å². The summed E-state index contributed by atoms with van der Waals surface area (Å²) in [6.45, 7) is 2.94. The molecule has 0 spiro atoms. The quantitative estimate of drug-likeness (QED) is 0.539. The number of nitrogens with zero attached hydrogens (tertiary/aromatic N) is 3. The van der Waals surface area contributed by atoms with Gasteiger partial charge in [-0.05, 0) is 35.3 Å². The average molecular weight is 379 g/mol. The Morgan fingerprint density at radius 2 is 2.25 bits per heavy atom. The molecule has 2 amide bonds. The molecule has 3 aromatic heterocycles. The van der Waals surface area contributed by atoms with E-state index in [0.29, 0.717) is 31.0 Å². The topological polar surface area (TPSA) is 91.0 Å². The number of H-pyrrole nitrogens is 1. The summed E-state index contributed by atoms with van der Waals surface area (Å²) in [5, 5.41) is 3.54. The summed E-state index contributed by atoms with van der Waals surface area (Å²) < 4.78 is 13.3. The van der Waals surface area contributed by atoms with Crippen molar-refractivity contribution in [2.24, 2.45) is 5.92 Å². The van der Waals surface area contributed by atoms with E-state index in [2.05, 4.69) is 20.3 Å². The highest BCUT2D eigenvalue weighted by atomic mass is 19.1. The summed E-state index contributed by atoms with van der Waals surface area (Å²) in [5.74, 6) is -0.393. The summed E-state index contributed by atoms with van der Waals surface area (Å²) >= 11 is 0. The van der Waals surface area contributed by atoms with E-state index in [1.165, 1.54) is 12.3 Å². The predicted molar refractivity (Wildman–Crippen MR) is 103 cm³/mol. The second-order valence-electron chi connectivity index (χ2n) is 6.70. The molecular formula is C20H18FN5O2. The van der Waals surface area contributed by atoms with Gasteiger partial charge in [0.1, 0.15) is 11.5 Å². The molecule has 8 heteroatoms. The zero-order valence-corrected chi connectivity index (χ0v) is 15.1. The molecule has 1 aliphatic rings. The van der Waals surface area contributed by atoms with Crippen molar-refractivity contribution < 1.29 is 14.0 Å². The number of carbonyl (C=O) groups excluding carboxylic acids is 2. The molecule has 1 atom stereocenters. The lowest BCUT2D eigenvalue weighted by molar-refractivity contribution is -0.105. The fourth-order valence-electron chi connectivity index (χ4n) is 3.58. The number of hydrogen-bond acceptors (Lipinski definition) is 4. The van der Waals surface area contributed by atoms with E-state index < -0.39 is 5.95 Å². The first-order valence-corrected chi connectivity index (χ1v) is 8.86. The van der Waals surface area contributed by atoms with Gasteiger partial charge in [0.05, 0.1) is 0 Å². The summed E-state index contributed by atoms with van der Waals surface area (Å²) in [4.78, 5) is 36.1. The maximum atomic E-state index is 13.3. The Kier molecular flexibility index (Phi) is 4.60. The van der Waals surface area contributed by atoms with Crippen LogP contribution in [0.1, 0.15) is 22.8 Å². The van der Waals surface area contributed by atoms with Gasteiger partial charge in [-0.25, -0.2) is 9.97 Å². The van der Waals surface area contributed by atoms with Crippen LogP contribution < -0.4 is 5.32 Å². The molecule has 3 aromatic rings. The van der Waals surface area contributed by atoms with E-state index >= 15 is 0 Å². The van der Waals surface area contributed by atoms with Crippen LogP contribution in [0.3, 0.4) is 0 Å². The Hall–Kier alpha value is -3.55. The first kappa shape index (κ1) is 17.8. The van der Waals surface area contributed by atoms with Crippen LogP contribution in [0.2, 0.25) is 0 Å². The number of fused-ring (bicyclic) bond motifs is 1. The van der Waals surface area contributed by atoms with Crippen molar-refractivity contribution >= 4 is 34.7 Å². The lowest BCUT2D eigenvalue weighted by Crippen LogP contribution is -2.38. The summed E-state index contributed by atoms with van der Waals surface area (Å²) in [7, 11) is 0. The van der Waals surface area contributed by atoms with Crippen LogP contribution in [0.4, 0.5) is 10.2 Å². The molecule has 0 fully saturated rings. The number of pyridine rings is 2. The fourth-order valence-corrected chi connectivity index (χ4v) is 3.58. The Labute approximate surface area is 160 Å². The minimum Gasteiger partial charge on any atom is -0.346 e. The second-order valence-corrected chi connectivity index (χ2v) is 6.70. The lowest BCUT2D eigenvalue weighted by Gasteiger charge is -2.31. The van der Waals surface area contributed by atoms with Crippen LogP contribution in [0.25, 0.3) is 16.6 Å². The van der Waals surface area contributed by atoms with Crippen LogP contribution >= 0.6 is 0 Å². The van der Waals surface area contributed by atoms with E-state index in [4.69, 9.17) is 0 Å². The normalized spacial score (nSPS) is 16.7. The summed E-state index contributed by atoms with van der Waals surface area (Å²) in [5.41, 5.74) is 3.00. The Morgan fingerprint density at radius 1 is 1.39 bits per heavy atom. The lowest BCUT2D eigenvalue weighted by atomic mass is 9.89. The van der Waals surface area contributed by atoms with Gasteiger partial charge in [0, 0.05) is 42.5 Å². The van der Waals surface area contributed by atoms with Crippen LogP contribution in [0.15, 0.2) is 42.7 Å². The van der Waals surface area contributed by atoms with Crippen molar-refractivity contribution in [3.8, 4) is 0 Å². The van der Waals surface area contributed by atoms with E-state index in [0.717, 1.165) is 22.6 Å². The minimum atomic E-state index is -0.672. The standard InChI is InChI=1S/C20H18FN5O2/c1-12-10-26(20(28)13-2-5-22-17(21)8-13)7-4-14(12)16-9-18(24-11-27)25-19-15(16)3-6-23-19/h2-6,8-9,11-12H,7,10H2,1H3,(H2,23,24,25,27). The highest BCUT2D eigenvalue weighted by Gasteiger charge is 2.26. The van der Waals surface area contributed by atoms with Gasteiger partial charge in [-0.15, -0.1) is 0 Å². The van der Waals surface area contributed by atoms with Crippen LogP contribution in [0.5, 0.6) is 0 Å². The molecule has 4 rings (SSSR count). The SMILES string of the molecule is CC1CN(C(=O)c2ccnc(F)c2)CC=C1c1cc(NC=O)nc2[nH]ccc12. The molecule has 2 N–H and O–H groups in total. The molecule has 7 nitrogen and oxygen atoms in total. The number of rotatable bonds is 4. The number of hydrogen-bond donors (Lipinski definition) is 2. The molecule has 4 heterocycles. The molecule has 1 unspecified atom stereocenters. The minimum absolute atomic E-state index is 0.0500. The van der Waals surface area contributed by atoms with Gasteiger partial charge < -0.3 is 15.2 Å². The third-order valence-electron chi connectivity index (χ3n) is 4.86. The highest BCUT2D eigenvalue weighted by molar-refractivity contribution is 5.96. The Bertz CT molecular complexity index is 1090. The number of amides is 2. The molecule has 0 saturated carbocycles. The van der Waals surface area contributed by atoms with Gasteiger partial charge in [-0.1, -0.05) is 13.0 Å². The van der Waals surface area contributed by atoms with Crippen LogP contribution in [-0.2, 0) is 4.79 Å². The summed E-state index contributed by atoms with van der Waals surface area (Å²) in [6, 6.07) is 6.44. The van der Waals surface area contributed by atoms with Gasteiger partial charge in [0.15, 0.2) is 0 Å². The Morgan fingerprint density at radius 3 is 3.00 bits per heavy atom. The van der Waals surface area contributed by atoms with E-state index in [-0.39, 0.29) is 17.4 Å². The van der Waals surface area contributed by atoms with Gasteiger partial charge in [0.2, 0.25) is 12.4 Å². The van der Waals surface area contributed by atoms with Crippen molar-refractivity contribution in [3.05, 3.63) is 59.8 Å². The molecule has 1 aliphatic heterocycles. The number of carbonyl (C=O) groups is 2. The van der Waals surface area contributed by atoms with Crippen molar-refractivity contribution in [1.82, 2.24) is 19.9 Å². The monoisotopic (exact) mass is 379 g/mol. The smallest absolute Gasteiger partial charge is 0.254 e. The number of halogens is 1. The van der Waals surface area contributed by atoms with Crippen LogP contribution in [-0.4, -0.2) is 45.3 Å². The first-order valence-electron chi connectivity index (χ1n) is 8.86. The number of nitrogens with one attached hydrogen (secondary N) is 2. The van der Waals surface area contributed by atoms with Crippen molar-refractivity contribution in [3.63, 3.8) is 0 Å². The maximum Gasteiger partial charge on any atom is 0.254 e. The average Bonchev–Trinajstić information content (AvgIpc) is 3.16. The van der Waals surface area contributed by atoms with Gasteiger partial charge in [-0.3, -0.25) is 9.59 Å². The fraction of sp³-hybridized carbons (Fsp3) is 0.200. The highest BCUT2D eigenvalue weighted by Crippen LogP contribution is 2.33. The molecule has 0 aromatic carbocycles. The third-order valence-corrected chi connectivity index (χ3v) is 4.86. The molecule has 0 radical (unpaired) electrons. The molecule has 28 heavy (non-hydrogen) atoms. The van der Waals surface area contributed by atoms with Gasteiger partial charge in [-0.2, -0.15) is 4.39 Å². The molecule has 0 bridgehead atoms. The second kappa shape index (κ2) is 7.22. The van der Waals surface area contributed by atoms with Crippen LogP contribution in [0, 0.1) is 11.9 Å². The van der Waals surface area contributed by atoms with Crippen molar-refractivity contribution in [2.75, 3.05) is 18.4 Å². The largest absolute Gasteiger partial charge is 0.346 e. The van der Waals surface area contributed by atoms with Crippen molar-refractivity contribution in [2.45, 2.75) is 6.92 Å². The number of aromatic amines is 1.